The van der Waals surface area contributed by atoms with Crippen LogP contribution in [0.2, 0.25) is 0 Å². The van der Waals surface area contributed by atoms with Crippen molar-refractivity contribution in [1.29, 1.82) is 0 Å². The van der Waals surface area contributed by atoms with Crippen molar-refractivity contribution in [1.82, 2.24) is 15.1 Å². The zero-order valence-electron chi connectivity index (χ0n) is 11.2. The lowest BCUT2D eigenvalue weighted by Crippen LogP contribution is -2.34. The third-order valence-corrected chi connectivity index (χ3v) is 3.74. The molecule has 1 aromatic heterocycles. The van der Waals surface area contributed by atoms with Crippen molar-refractivity contribution >= 4 is 11.6 Å². The van der Waals surface area contributed by atoms with Gasteiger partial charge in [-0.25, -0.2) is 4.68 Å². The zero-order valence-corrected chi connectivity index (χ0v) is 11.2. The predicted molar refractivity (Wildman–Crippen MR) is 77.9 cm³/mol. The lowest BCUT2D eigenvalue weighted by molar-refractivity contribution is 0.0900. The van der Waals surface area contributed by atoms with Crippen LogP contribution in [0.3, 0.4) is 0 Å². The number of carbonyl (C=O) groups excluding carboxylic acids is 1. The molecule has 0 saturated carbocycles. The van der Waals surface area contributed by atoms with Crippen LogP contribution in [0.25, 0.3) is 5.69 Å². The summed E-state index contributed by atoms with van der Waals surface area (Å²) < 4.78 is 1.61. The molecule has 20 heavy (non-hydrogen) atoms. The number of nitrogen functional groups attached to an aromatic ring is 1. The zero-order chi connectivity index (χ0) is 13.9. The molecule has 1 aliphatic heterocycles. The van der Waals surface area contributed by atoms with E-state index in [1.165, 1.54) is 0 Å². The van der Waals surface area contributed by atoms with Crippen LogP contribution in [-0.4, -0.2) is 28.7 Å². The van der Waals surface area contributed by atoms with Crippen LogP contribution >= 0.6 is 0 Å². The number of ketones is 1. The fraction of sp³-hybridized carbons (Fsp3) is 0.333. The maximum atomic E-state index is 12.5. The Morgan fingerprint density at radius 2 is 2.15 bits per heavy atom. The number of nitrogens with one attached hydrogen (secondary N) is 1. The standard InChI is InChI=1S/C15H18N4O/c16-15-13(14(20)11-5-4-8-17-9-11)10-18-19(15)12-6-2-1-3-7-12/h1-3,6-7,10-11,17H,4-5,8-9,16H2/t11-/m1/s1. The van der Waals surface area contributed by atoms with E-state index in [9.17, 15) is 4.79 Å². The van der Waals surface area contributed by atoms with E-state index in [2.05, 4.69) is 10.4 Å². The number of hydrogen-bond donors (Lipinski definition) is 2. The van der Waals surface area contributed by atoms with E-state index < -0.39 is 0 Å². The molecular formula is C15H18N4O. The molecule has 1 saturated heterocycles. The molecule has 0 unspecified atom stereocenters. The van der Waals surface area contributed by atoms with E-state index in [0.717, 1.165) is 31.6 Å². The Morgan fingerprint density at radius 1 is 1.35 bits per heavy atom. The number of benzene rings is 1. The summed E-state index contributed by atoms with van der Waals surface area (Å²) >= 11 is 0. The smallest absolute Gasteiger partial charge is 0.172 e. The van der Waals surface area contributed by atoms with Gasteiger partial charge in [-0.3, -0.25) is 4.79 Å². The molecule has 104 valence electrons. The molecule has 0 radical (unpaired) electrons. The first-order valence-corrected chi connectivity index (χ1v) is 6.91. The second-order valence-electron chi connectivity index (χ2n) is 5.10. The number of hydrogen-bond acceptors (Lipinski definition) is 4. The molecule has 2 aromatic rings. The normalized spacial score (nSPS) is 18.9. The fourth-order valence-corrected chi connectivity index (χ4v) is 2.62. The van der Waals surface area contributed by atoms with Gasteiger partial charge in [-0.2, -0.15) is 5.10 Å². The lowest BCUT2D eigenvalue weighted by atomic mass is 9.92. The van der Waals surface area contributed by atoms with Gasteiger partial charge < -0.3 is 11.1 Å². The van der Waals surface area contributed by atoms with Crippen molar-refractivity contribution in [2.75, 3.05) is 18.8 Å². The monoisotopic (exact) mass is 270 g/mol. The Bertz CT molecular complexity index is 600. The average Bonchev–Trinajstić information content (AvgIpc) is 2.90. The number of nitrogens with zero attached hydrogens (tertiary/aromatic N) is 2. The van der Waals surface area contributed by atoms with Crippen molar-refractivity contribution in [3.63, 3.8) is 0 Å². The Labute approximate surface area is 117 Å². The van der Waals surface area contributed by atoms with Crippen LogP contribution in [0.15, 0.2) is 36.5 Å². The number of rotatable bonds is 3. The second-order valence-corrected chi connectivity index (χ2v) is 5.10. The quantitative estimate of drug-likeness (QED) is 0.832. The molecule has 3 N–H and O–H groups in total. The highest BCUT2D eigenvalue weighted by atomic mass is 16.1. The summed E-state index contributed by atoms with van der Waals surface area (Å²) in [5.41, 5.74) is 7.50. The highest BCUT2D eigenvalue weighted by Gasteiger charge is 2.25. The number of Topliss-reactive ketones (excluding diaryl/α,β-unsaturated/α-hetero) is 1. The molecule has 1 aromatic carbocycles. The number of piperidine rings is 1. The molecule has 5 nitrogen and oxygen atoms in total. The van der Waals surface area contributed by atoms with E-state index in [4.69, 9.17) is 5.73 Å². The topological polar surface area (TPSA) is 72.9 Å². The van der Waals surface area contributed by atoms with Gasteiger partial charge in [0, 0.05) is 12.5 Å². The van der Waals surface area contributed by atoms with Gasteiger partial charge in [0.15, 0.2) is 5.78 Å². The molecule has 2 heterocycles. The van der Waals surface area contributed by atoms with Gasteiger partial charge in [0.25, 0.3) is 0 Å². The first-order chi connectivity index (χ1) is 9.77. The highest BCUT2D eigenvalue weighted by molar-refractivity contribution is 6.01. The van der Waals surface area contributed by atoms with Crippen LogP contribution in [0, 0.1) is 5.92 Å². The van der Waals surface area contributed by atoms with Gasteiger partial charge >= 0.3 is 0 Å². The number of nitrogens with two attached hydrogens (primary N) is 1. The summed E-state index contributed by atoms with van der Waals surface area (Å²) in [5.74, 6) is 0.531. The number of para-hydroxylation sites is 1. The summed E-state index contributed by atoms with van der Waals surface area (Å²) in [7, 11) is 0. The number of carbonyl (C=O) groups is 1. The van der Waals surface area contributed by atoms with Gasteiger partial charge in [0.2, 0.25) is 0 Å². The third kappa shape index (κ3) is 2.32. The Balaban J connectivity index is 1.88. The molecule has 5 heteroatoms. The molecule has 0 amide bonds. The Morgan fingerprint density at radius 3 is 2.85 bits per heavy atom. The number of anilines is 1. The van der Waals surface area contributed by atoms with Crippen molar-refractivity contribution in [2.45, 2.75) is 12.8 Å². The van der Waals surface area contributed by atoms with Crippen molar-refractivity contribution < 1.29 is 4.79 Å². The molecule has 1 aliphatic rings. The van der Waals surface area contributed by atoms with E-state index in [1.54, 1.807) is 10.9 Å². The van der Waals surface area contributed by atoms with Crippen LogP contribution in [0.1, 0.15) is 23.2 Å². The molecular weight excluding hydrogens is 252 g/mol. The largest absolute Gasteiger partial charge is 0.383 e. The maximum absolute atomic E-state index is 12.5. The van der Waals surface area contributed by atoms with Crippen LogP contribution in [0.4, 0.5) is 5.82 Å². The minimum Gasteiger partial charge on any atom is -0.383 e. The third-order valence-electron chi connectivity index (χ3n) is 3.74. The molecule has 0 spiro atoms. The van der Waals surface area contributed by atoms with Crippen LogP contribution in [0.5, 0.6) is 0 Å². The molecule has 3 rings (SSSR count). The SMILES string of the molecule is Nc1c(C(=O)[C@@H]2CCCNC2)cnn1-c1ccccc1. The first kappa shape index (κ1) is 12.9. The van der Waals surface area contributed by atoms with Crippen molar-refractivity contribution in [3.05, 3.63) is 42.1 Å². The van der Waals surface area contributed by atoms with Crippen molar-refractivity contribution in [2.24, 2.45) is 5.92 Å². The van der Waals surface area contributed by atoms with Crippen LogP contribution in [-0.2, 0) is 0 Å². The average molecular weight is 270 g/mol. The molecule has 1 atom stereocenters. The fourth-order valence-electron chi connectivity index (χ4n) is 2.62. The minimum atomic E-state index is 0.0134. The van der Waals surface area contributed by atoms with Gasteiger partial charge in [0.05, 0.1) is 17.4 Å². The molecule has 0 aliphatic carbocycles. The first-order valence-electron chi connectivity index (χ1n) is 6.91. The Kier molecular flexibility index (Phi) is 3.52. The number of aromatic nitrogens is 2. The van der Waals surface area contributed by atoms with E-state index in [0.29, 0.717) is 11.4 Å². The maximum Gasteiger partial charge on any atom is 0.172 e. The van der Waals surface area contributed by atoms with Gasteiger partial charge in [-0.15, -0.1) is 0 Å². The van der Waals surface area contributed by atoms with Gasteiger partial charge in [-0.05, 0) is 31.5 Å². The predicted octanol–water partition coefficient (Wildman–Crippen LogP) is 1.64. The summed E-state index contributed by atoms with van der Waals surface area (Å²) in [6.07, 6.45) is 3.53. The van der Waals surface area contributed by atoms with E-state index >= 15 is 0 Å². The summed E-state index contributed by atoms with van der Waals surface area (Å²) in [5, 5.41) is 7.51. The minimum absolute atomic E-state index is 0.0134. The van der Waals surface area contributed by atoms with E-state index in [1.807, 2.05) is 30.3 Å². The molecule has 0 bridgehead atoms. The lowest BCUT2D eigenvalue weighted by Gasteiger charge is -2.21. The van der Waals surface area contributed by atoms with Crippen molar-refractivity contribution in [3.8, 4) is 5.69 Å². The summed E-state index contributed by atoms with van der Waals surface area (Å²) in [6, 6.07) is 9.61. The van der Waals surface area contributed by atoms with E-state index in [-0.39, 0.29) is 11.7 Å². The van der Waals surface area contributed by atoms with Gasteiger partial charge in [0.1, 0.15) is 5.82 Å². The summed E-state index contributed by atoms with van der Waals surface area (Å²) in [6.45, 7) is 1.72. The highest BCUT2D eigenvalue weighted by Crippen LogP contribution is 2.22. The second kappa shape index (κ2) is 5.46. The van der Waals surface area contributed by atoms with Gasteiger partial charge in [-0.1, -0.05) is 18.2 Å². The van der Waals surface area contributed by atoms with Crippen LogP contribution < -0.4 is 11.1 Å². The molecule has 1 fully saturated rings. The summed E-state index contributed by atoms with van der Waals surface area (Å²) in [4.78, 5) is 12.5. The Hall–Kier alpha value is -2.14.